The lowest BCUT2D eigenvalue weighted by atomic mass is 9.67. The number of nitrogens with one attached hydrogen (secondary N) is 1. The number of ether oxygens (including phenoxy) is 1. The number of fused-ring (bicyclic) bond motifs is 2. The average Bonchev–Trinajstić information content (AvgIpc) is 3.11. The first-order valence-corrected chi connectivity index (χ1v) is 9.85. The van der Waals surface area contributed by atoms with Gasteiger partial charge < -0.3 is 10.1 Å². The number of hydrogen-bond donors (Lipinski definition) is 1. The van der Waals surface area contributed by atoms with Gasteiger partial charge in [-0.15, -0.1) is 0 Å². The molecule has 0 radical (unpaired) electrons. The summed E-state index contributed by atoms with van der Waals surface area (Å²) in [5, 5.41) is 12.0. The van der Waals surface area contributed by atoms with E-state index in [1.807, 2.05) is 19.1 Å². The van der Waals surface area contributed by atoms with Crippen LogP contribution in [0.5, 0.6) is 5.75 Å². The average molecular weight is 372 g/mol. The molecular weight excluding hydrogens is 348 g/mol. The van der Waals surface area contributed by atoms with Crippen LogP contribution in [0.2, 0.25) is 0 Å². The summed E-state index contributed by atoms with van der Waals surface area (Å²) >= 11 is 0. The van der Waals surface area contributed by atoms with E-state index in [0.717, 1.165) is 43.7 Å². The SMILES string of the molecule is C/C=C(\NC(=O)c1ccc(C#N)cc1)C1CCC2(CC1)COc1ccccc12. The fourth-order valence-electron chi connectivity index (χ4n) is 4.53. The van der Waals surface area contributed by atoms with E-state index in [1.165, 1.54) is 5.56 Å². The Bertz CT molecular complexity index is 945. The molecule has 1 spiro atoms. The zero-order valence-corrected chi connectivity index (χ0v) is 16.1. The smallest absolute Gasteiger partial charge is 0.255 e. The molecule has 0 atom stereocenters. The molecule has 1 heterocycles. The lowest BCUT2D eigenvalue weighted by Crippen LogP contribution is -2.36. The first-order chi connectivity index (χ1) is 13.6. The number of allylic oxidation sites excluding steroid dienone is 2. The van der Waals surface area contributed by atoms with E-state index in [1.54, 1.807) is 24.3 Å². The van der Waals surface area contributed by atoms with Gasteiger partial charge in [0.05, 0.1) is 18.2 Å². The molecule has 4 nitrogen and oxygen atoms in total. The highest BCUT2D eigenvalue weighted by molar-refractivity contribution is 5.95. The summed E-state index contributed by atoms with van der Waals surface area (Å²) in [5.74, 6) is 1.26. The zero-order valence-electron chi connectivity index (χ0n) is 16.1. The highest BCUT2D eigenvalue weighted by Crippen LogP contribution is 2.49. The van der Waals surface area contributed by atoms with Crippen LogP contribution in [0.1, 0.15) is 54.1 Å². The first kappa shape index (κ1) is 18.3. The maximum atomic E-state index is 12.6. The number of carbonyl (C=O) groups is 1. The van der Waals surface area contributed by atoms with Gasteiger partial charge in [0, 0.05) is 22.2 Å². The summed E-state index contributed by atoms with van der Waals surface area (Å²) in [7, 11) is 0. The van der Waals surface area contributed by atoms with Gasteiger partial charge in [-0.3, -0.25) is 4.79 Å². The van der Waals surface area contributed by atoms with E-state index < -0.39 is 0 Å². The summed E-state index contributed by atoms with van der Waals surface area (Å²) in [5.41, 5.74) is 3.60. The number of carbonyl (C=O) groups excluding carboxylic acids is 1. The molecule has 1 amide bonds. The Balaban J connectivity index is 1.42. The Morgan fingerprint density at radius 2 is 1.89 bits per heavy atom. The van der Waals surface area contributed by atoms with Crippen LogP contribution in [0.25, 0.3) is 0 Å². The number of hydrogen-bond acceptors (Lipinski definition) is 3. The predicted molar refractivity (Wildman–Crippen MR) is 108 cm³/mol. The highest BCUT2D eigenvalue weighted by Gasteiger charge is 2.43. The minimum Gasteiger partial charge on any atom is -0.492 e. The van der Waals surface area contributed by atoms with Crippen molar-refractivity contribution in [3.05, 3.63) is 77.0 Å². The van der Waals surface area contributed by atoms with Crippen LogP contribution in [0, 0.1) is 17.2 Å². The van der Waals surface area contributed by atoms with Crippen molar-refractivity contribution in [2.45, 2.75) is 38.0 Å². The van der Waals surface area contributed by atoms with Gasteiger partial charge in [0.1, 0.15) is 5.75 Å². The molecule has 28 heavy (non-hydrogen) atoms. The van der Waals surface area contributed by atoms with Gasteiger partial charge in [0.25, 0.3) is 5.91 Å². The van der Waals surface area contributed by atoms with Crippen LogP contribution in [-0.4, -0.2) is 12.5 Å². The van der Waals surface area contributed by atoms with Gasteiger partial charge in [0.2, 0.25) is 0 Å². The summed E-state index contributed by atoms with van der Waals surface area (Å²) in [4.78, 5) is 12.6. The van der Waals surface area contributed by atoms with Gasteiger partial charge in [-0.2, -0.15) is 5.26 Å². The first-order valence-electron chi connectivity index (χ1n) is 9.85. The van der Waals surface area contributed by atoms with Crippen molar-refractivity contribution in [2.75, 3.05) is 6.61 Å². The van der Waals surface area contributed by atoms with Gasteiger partial charge >= 0.3 is 0 Å². The van der Waals surface area contributed by atoms with Gasteiger partial charge in [-0.1, -0.05) is 24.3 Å². The van der Waals surface area contributed by atoms with Crippen LogP contribution in [0.3, 0.4) is 0 Å². The maximum absolute atomic E-state index is 12.6. The number of rotatable bonds is 3. The monoisotopic (exact) mass is 372 g/mol. The Labute approximate surface area is 165 Å². The predicted octanol–water partition coefficient (Wildman–Crippen LogP) is 4.71. The second-order valence-corrected chi connectivity index (χ2v) is 7.73. The third-order valence-electron chi connectivity index (χ3n) is 6.19. The second-order valence-electron chi connectivity index (χ2n) is 7.73. The fourth-order valence-corrected chi connectivity index (χ4v) is 4.53. The van der Waals surface area contributed by atoms with E-state index in [4.69, 9.17) is 10.00 Å². The van der Waals surface area contributed by atoms with Crippen molar-refractivity contribution < 1.29 is 9.53 Å². The van der Waals surface area contributed by atoms with Crippen LogP contribution in [0.4, 0.5) is 0 Å². The molecule has 1 N–H and O–H groups in total. The van der Waals surface area contributed by atoms with Crippen LogP contribution in [0.15, 0.2) is 60.3 Å². The van der Waals surface area contributed by atoms with Gasteiger partial charge in [-0.25, -0.2) is 0 Å². The van der Waals surface area contributed by atoms with E-state index >= 15 is 0 Å². The number of nitrogens with zero attached hydrogens (tertiary/aromatic N) is 1. The molecule has 4 heteroatoms. The Morgan fingerprint density at radius 1 is 1.18 bits per heavy atom. The van der Waals surface area contributed by atoms with E-state index in [-0.39, 0.29) is 11.3 Å². The molecule has 1 aliphatic carbocycles. The summed E-state index contributed by atoms with van der Waals surface area (Å²) in [6, 6.07) is 17.2. The molecular formula is C24H24N2O2. The Morgan fingerprint density at radius 3 is 2.57 bits per heavy atom. The third kappa shape index (κ3) is 3.29. The van der Waals surface area contributed by atoms with Crippen LogP contribution in [-0.2, 0) is 5.41 Å². The van der Waals surface area contributed by atoms with E-state index in [0.29, 0.717) is 17.0 Å². The highest BCUT2D eigenvalue weighted by atomic mass is 16.5. The number of nitriles is 1. The maximum Gasteiger partial charge on any atom is 0.255 e. The number of amides is 1. The third-order valence-corrected chi connectivity index (χ3v) is 6.19. The van der Waals surface area contributed by atoms with E-state index in [2.05, 4.69) is 29.6 Å². The largest absolute Gasteiger partial charge is 0.492 e. The van der Waals surface area contributed by atoms with E-state index in [9.17, 15) is 4.79 Å². The van der Waals surface area contributed by atoms with Gasteiger partial charge in [-0.05, 0) is 68.9 Å². The van der Waals surface area contributed by atoms with Crippen molar-refractivity contribution in [3.8, 4) is 11.8 Å². The summed E-state index contributed by atoms with van der Waals surface area (Å²) in [6.45, 7) is 2.74. The molecule has 1 fully saturated rings. The minimum absolute atomic E-state index is 0.118. The van der Waals surface area contributed by atoms with Crippen LogP contribution < -0.4 is 10.1 Å². The van der Waals surface area contributed by atoms with Crippen molar-refractivity contribution in [3.63, 3.8) is 0 Å². The molecule has 0 unspecified atom stereocenters. The van der Waals surface area contributed by atoms with Crippen molar-refractivity contribution in [2.24, 2.45) is 5.92 Å². The Kier molecular flexibility index (Phi) is 4.92. The summed E-state index contributed by atoms with van der Waals surface area (Å²) < 4.78 is 5.95. The lowest BCUT2D eigenvalue weighted by molar-refractivity contribution is 0.0956. The normalized spacial score (nSPS) is 23.6. The molecule has 2 aliphatic rings. The molecule has 1 saturated carbocycles. The summed E-state index contributed by atoms with van der Waals surface area (Å²) in [6.07, 6.45) is 6.22. The lowest BCUT2D eigenvalue weighted by Gasteiger charge is -2.37. The molecule has 0 aromatic heterocycles. The molecule has 1 aliphatic heterocycles. The molecule has 4 rings (SSSR count). The Hall–Kier alpha value is -3.06. The second kappa shape index (κ2) is 7.52. The quantitative estimate of drug-likeness (QED) is 0.848. The minimum atomic E-state index is -0.118. The van der Waals surface area contributed by atoms with Crippen LogP contribution >= 0.6 is 0 Å². The molecule has 0 bridgehead atoms. The van der Waals surface area contributed by atoms with Crippen molar-refractivity contribution in [1.82, 2.24) is 5.32 Å². The molecule has 142 valence electrons. The molecule has 2 aromatic carbocycles. The fraction of sp³-hybridized carbons (Fsp3) is 0.333. The van der Waals surface area contributed by atoms with Crippen molar-refractivity contribution in [1.29, 1.82) is 5.26 Å². The topological polar surface area (TPSA) is 62.1 Å². The van der Waals surface area contributed by atoms with Gasteiger partial charge in [0.15, 0.2) is 0 Å². The standard InChI is InChI=1S/C24H24N2O2/c1-2-21(26-23(27)19-9-7-17(15-25)8-10-19)18-11-13-24(14-12-18)16-28-22-6-4-3-5-20(22)24/h2-10,18H,11-14,16H2,1H3,(H,26,27)/b21-2-. The van der Waals surface area contributed by atoms with Crippen molar-refractivity contribution >= 4 is 5.91 Å². The molecule has 2 aromatic rings. The molecule has 0 saturated heterocycles. The zero-order chi connectivity index (χ0) is 19.6. The number of para-hydroxylation sites is 1. The number of benzene rings is 2.